The van der Waals surface area contributed by atoms with Crippen molar-refractivity contribution < 1.29 is 0 Å². The van der Waals surface area contributed by atoms with E-state index in [4.69, 9.17) is 5.26 Å². The smallest absolute Gasteiger partial charge is 0.105 e. The average Bonchev–Trinajstić information content (AvgIpc) is 2.40. The van der Waals surface area contributed by atoms with Gasteiger partial charge in [-0.1, -0.05) is 31.4 Å². The van der Waals surface area contributed by atoms with Crippen molar-refractivity contribution in [1.29, 1.82) is 5.26 Å². The average molecular weight is 228 g/mol. The Labute approximate surface area is 104 Å². The first-order valence-electron chi connectivity index (χ1n) is 6.49. The van der Waals surface area contributed by atoms with Crippen molar-refractivity contribution in [2.45, 2.75) is 38.0 Å². The summed E-state index contributed by atoms with van der Waals surface area (Å²) in [5.74, 6) is 0.763. The van der Waals surface area contributed by atoms with Crippen LogP contribution in [0.15, 0.2) is 24.3 Å². The first-order chi connectivity index (χ1) is 8.31. The minimum Gasteiger partial charge on any atom is -0.361 e. The molecule has 0 saturated heterocycles. The molecule has 1 aromatic rings. The second-order valence-corrected chi connectivity index (χ2v) is 4.94. The van der Waals surface area contributed by atoms with Gasteiger partial charge >= 0.3 is 0 Å². The number of benzene rings is 1. The van der Waals surface area contributed by atoms with Gasteiger partial charge in [0.2, 0.25) is 0 Å². The molecule has 0 N–H and O–H groups in total. The Morgan fingerprint density at radius 2 is 1.82 bits per heavy atom. The van der Waals surface area contributed by atoms with Crippen molar-refractivity contribution in [2.24, 2.45) is 0 Å². The third kappa shape index (κ3) is 3.00. The van der Waals surface area contributed by atoms with Gasteiger partial charge in [-0.05, 0) is 36.5 Å². The van der Waals surface area contributed by atoms with Crippen LogP contribution >= 0.6 is 0 Å². The van der Waals surface area contributed by atoms with E-state index in [2.05, 4.69) is 30.3 Å². The topological polar surface area (TPSA) is 27.0 Å². The van der Waals surface area contributed by atoms with Crippen molar-refractivity contribution in [1.82, 2.24) is 0 Å². The summed E-state index contributed by atoms with van der Waals surface area (Å²) in [6.07, 6.45) is 6.84. The van der Waals surface area contributed by atoms with Gasteiger partial charge < -0.3 is 4.90 Å². The second-order valence-electron chi connectivity index (χ2n) is 4.94. The molecule has 1 aromatic carbocycles. The molecule has 2 heteroatoms. The molecular formula is C15H20N2. The zero-order valence-corrected chi connectivity index (χ0v) is 10.5. The monoisotopic (exact) mass is 228 g/mol. The van der Waals surface area contributed by atoms with E-state index >= 15 is 0 Å². The fourth-order valence-electron chi connectivity index (χ4n) is 2.63. The van der Waals surface area contributed by atoms with Gasteiger partial charge in [0.05, 0.1) is 6.07 Å². The molecule has 0 heterocycles. The van der Waals surface area contributed by atoms with Crippen LogP contribution in [0.1, 0.15) is 43.6 Å². The van der Waals surface area contributed by atoms with Gasteiger partial charge in [0.25, 0.3) is 0 Å². The standard InChI is InChI=1S/C15H20N2/c1-17(12-11-16)15-9-7-14(8-10-15)13-5-3-2-4-6-13/h7-10,13H,2-6,12H2,1H3. The highest BCUT2D eigenvalue weighted by molar-refractivity contribution is 5.48. The lowest BCUT2D eigenvalue weighted by atomic mass is 9.84. The molecule has 17 heavy (non-hydrogen) atoms. The van der Waals surface area contributed by atoms with Crippen LogP contribution in [0.4, 0.5) is 5.69 Å². The van der Waals surface area contributed by atoms with E-state index in [1.807, 2.05) is 11.9 Å². The summed E-state index contributed by atoms with van der Waals surface area (Å²) in [7, 11) is 1.96. The molecule has 1 fully saturated rings. The Balaban J connectivity index is 2.04. The van der Waals surface area contributed by atoms with Crippen LogP contribution in [0.3, 0.4) is 0 Å². The van der Waals surface area contributed by atoms with E-state index < -0.39 is 0 Å². The number of rotatable bonds is 3. The fraction of sp³-hybridized carbons (Fsp3) is 0.533. The van der Waals surface area contributed by atoms with Crippen molar-refractivity contribution in [3.05, 3.63) is 29.8 Å². The molecule has 2 rings (SSSR count). The van der Waals surface area contributed by atoms with Gasteiger partial charge in [0.1, 0.15) is 6.54 Å². The molecule has 0 amide bonds. The van der Waals surface area contributed by atoms with Crippen LogP contribution in [-0.2, 0) is 0 Å². The summed E-state index contributed by atoms with van der Waals surface area (Å²) >= 11 is 0. The van der Waals surface area contributed by atoms with E-state index in [0.29, 0.717) is 6.54 Å². The van der Waals surface area contributed by atoms with Crippen LogP contribution in [0.25, 0.3) is 0 Å². The quantitative estimate of drug-likeness (QED) is 0.738. The first kappa shape index (κ1) is 12.0. The summed E-state index contributed by atoms with van der Waals surface area (Å²) in [5, 5.41) is 8.66. The van der Waals surface area contributed by atoms with Gasteiger partial charge in [-0.3, -0.25) is 0 Å². The Hall–Kier alpha value is -1.49. The van der Waals surface area contributed by atoms with Gasteiger partial charge in [0.15, 0.2) is 0 Å². The highest BCUT2D eigenvalue weighted by Crippen LogP contribution is 2.33. The molecule has 2 nitrogen and oxygen atoms in total. The number of nitriles is 1. The maximum absolute atomic E-state index is 8.66. The summed E-state index contributed by atoms with van der Waals surface area (Å²) in [6.45, 7) is 0.447. The van der Waals surface area contributed by atoms with E-state index in [0.717, 1.165) is 11.6 Å². The molecule has 0 atom stereocenters. The number of anilines is 1. The van der Waals surface area contributed by atoms with Gasteiger partial charge in [-0.2, -0.15) is 5.26 Å². The molecule has 0 spiro atoms. The Bertz CT molecular complexity index is 382. The molecular weight excluding hydrogens is 208 g/mol. The van der Waals surface area contributed by atoms with E-state index in [9.17, 15) is 0 Å². The van der Waals surface area contributed by atoms with Crippen molar-refractivity contribution in [2.75, 3.05) is 18.5 Å². The predicted molar refractivity (Wildman–Crippen MR) is 71.2 cm³/mol. The van der Waals surface area contributed by atoms with Crippen molar-refractivity contribution >= 4 is 5.69 Å². The van der Waals surface area contributed by atoms with E-state index in [1.54, 1.807) is 0 Å². The SMILES string of the molecule is CN(CC#N)c1ccc(C2CCCCC2)cc1. The number of hydrogen-bond donors (Lipinski definition) is 0. The van der Waals surface area contributed by atoms with Crippen LogP contribution in [0.5, 0.6) is 0 Å². The lowest BCUT2D eigenvalue weighted by Crippen LogP contribution is -2.16. The molecule has 0 aromatic heterocycles. The lowest BCUT2D eigenvalue weighted by molar-refractivity contribution is 0.443. The number of hydrogen-bond acceptors (Lipinski definition) is 2. The van der Waals surface area contributed by atoms with Gasteiger partial charge in [-0.25, -0.2) is 0 Å². The minimum absolute atomic E-state index is 0.447. The van der Waals surface area contributed by atoms with Crippen LogP contribution in [0.2, 0.25) is 0 Å². The third-order valence-corrected chi connectivity index (χ3v) is 3.72. The van der Waals surface area contributed by atoms with Crippen molar-refractivity contribution in [3.8, 4) is 6.07 Å². The molecule has 1 aliphatic rings. The first-order valence-corrected chi connectivity index (χ1v) is 6.49. The van der Waals surface area contributed by atoms with Crippen LogP contribution < -0.4 is 4.90 Å². The predicted octanol–water partition coefficient (Wildman–Crippen LogP) is 3.69. The highest BCUT2D eigenvalue weighted by atomic mass is 15.1. The minimum atomic E-state index is 0.447. The molecule has 1 aliphatic carbocycles. The molecule has 0 radical (unpaired) electrons. The molecule has 0 bridgehead atoms. The van der Waals surface area contributed by atoms with Gasteiger partial charge in [0, 0.05) is 12.7 Å². The number of nitrogens with zero attached hydrogens (tertiary/aromatic N) is 2. The van der Waals surface area contributed by atoms with E-state index in [-0.39, 0.29) is 0 Å². The summed E-state index contributed by atoms with van der Waals surface area (Å²) in [5.41, 5.74) is 2.60. The molecule has 90 valence electrons. The molecule has 0 aliphatic heterocycles. The zero-order valence-electron chi connectivity index (χ0n) is 10.5. The normalized spacial score (nSPS) is 16.5. The molecule has 0 unspecified atom stereocenters. The Morgan fingerprint density at radius 3 is 2.41 bits per heavy atom. The lowest BCUT2D eigenvalue weighted by Gasteiger charge is -2.23. The molecule has 1 saturated carbocycles. The third-order valence-electron chi connectivity index (χ3n) is 3.72. The fourth-order valence-corrected chi connectivity index (χ4v) is 2.63. The summed E-state index contributed by atoms with van der Waals surface area (Å²) in [6, 6.07) is 10.9. The van der Waals surface area contributed by atoms with Crippen LogP contribution in [0, 0.1) is 11.3 Å². The second kappa shape index (κ2) is 5.72. The zero-order chi connectivity index (χ0) is 12.1. The largest absolute Gasteiger partial charge is 0.361 e. The summed E-state index contributed by atoms with van der Waals surface area (Å²) < 4.78 is 0. The Kier molecular flexibility index (Phi) is 4.03. The van der Waals surface area contributed by atoms with Gasteiger partial charge in [-0.15, -0.1) is 0 Å². The summed E-state index contributed by atoms with van der Waals surface area (Å²) in [4.78, 5) is 1.98. The van der Waals surface area contributed by atoms with Crippen LogP contribution in [-0.4, -0.2) is 13.6 Å². The van der Waals surface area contributed by atoms with Crippen molar-refractivity contribution in [3.63, 3.8) is 0 Å². The maximum atomic E-state index is 8.66. The van der Waals surface area contributed by atoms with E-state index in [1.165, 1.54) is 37.7 Å². The highest BCUT2D eigenvalue weighted by Gasteiger charge is 2.15. The Morgan fingerprint density at radius 1 is 1.18 bits per heavy atom. The maximum Gasteiger partial charge on any atom is 0.105 e.